The lowest BCUT2D eigenvalue weighted by molar-refractivity contribution is 0.263. The third-order valence-corrected chi connectivity index (χ3v) is 3.45. The standard InChI is InChI=1S/C16H16ClFO/c1-11-3-2-4-12(7-11)14(10-19)8-13-5-6-15(17)9-16(13)18/h2-7,9,14,19H,8,10H2,1H3. The van der Waals surface area contributed by atoms with Crippen LogP contribution in [-0.2, 0) is 6.42 Å². The molecule has 100 valence electrons. The molecule has 1 nitrogen and oxygen atoms in total. The van der Waals surface area contributed by atoms with Gasteiger partial charge >= 0.3 is 0 Å². The van der Waals surface area contributed by atoms with Gasteiger partial charge in [-0.1, -0.05) is 47.5 Å². The second-order valence-electron chi connectivity index (χ2n) is 4.73. The highest BCUT2D eigenvalue weighted by atomic mass is 35.5. The Labute approximate surface area is 117 Å². The van der Waals surface area contributed by atoms with E-state index in [2.05, 4.69) is 0 Å². The fourth-order valence-electron chi connectivity index (χ4n) is 2.16. The lowest BCUT2D eigenvalue weighted by Gasteiger charge is -2.16. The van der Waals surface area contributed by atoms with Gasteiger partial charge in [0.15, 0.2) is 0 Å². The van der Waals surface area contributed by atoms with Crippen LogP contribution in [0.3, 0.4) is 0 Å². The van der Waals surface area contributed by atoms with Crippen LogP contribution in [0.5, 0.6) is 0 Å². The number of aliphatic hydroxyl groups is 1. The van der Waals surface area contributed by atoms with Crippen molar-refractivity contribution in [3.8, 4) is 0 Å². The quantitative estimate of drug-likeness (QED) is 0.892. The first kappa shape index (κ1) is 14.0. The maximum atomic E-state index is 13.8. The number of benzene rings is 2. The van der Waals surface area contributed by atoms with E-state index < -0.39 is 0 Å². The molecule has 19 heavy (non-hydrogen) atoms. The van der Waals surface area contributed by atoms with Gasteiger partial charge < -0.3 is 5.11 Å². The van der Waals surface area contributed by atoms with Gasteiger partial charge in [0.25, 0.3) is 0 Å². The van der Waals surface area contributed by atoms with Gasteiger partial charge in [-0.2, -0.15) is 0 Å². The van der Waals surface area contributed by atoms with Gasteiger partial charge in [-0.25, -0.2) is 4.39 Å². The van der Waals surface area contributed by atoms with E-state index >= 15 is 0 Å². The summed E-state index contributed by atoms with van der Waals surface area (Å²) in [5.74, 6) is -0.422. The van der Waals surface area contributed by atoms with Gasteiger partial charge in [0, 0.05) is 10.9 Å². The Balaban J connectivity index is 2.24. The maximum Gasteiger partial charge on any atom is 0.127 e. The summed E-state index contributed by atoms with van der Waals surface area (Å²) in [6.45, 7) is 1.99. The van der Waals surface area contributed by atoms with Crippen LogP contribution in [0.15, 0.2) is 42.5 Å². The molecule has 0 saturated heterocycles. The third-order valence-electron chi connectivity index (χ3n) is 3.22. The molecule has 0 bridgehead atoms. The van der Waals surface area contributed by atoms with Crippen molar-refractivity contribution < 1.29 is 9.50 Å². The molecule has 3 heteroatoms. The molecule has 0 aliphatic heterocycles. The van der Waals surface area contributed by atoms with Crippen LogP contribution in [0.2, 0.25) is 5.02 Å². The summed E-state index contributed by atoms with van der Waals surface area (Å²) in [6.07, 6.45) is 0.461. The van der Waals surface area contributed by atoms with Crippen molar-refractivity contribution in [2.45, 2.75) is 19.3 Å². The Morgan fingerprint density at radius 1 is 1.21 bits per heavy atom. The second-order valence-corrected chi connectivity index (χ2v) is 5.17. The van der Waals surface area contributed by atoms with Crippen molar-refractivity contribution in [3.63, 3.8) is 0 Å². The van der Waals surface area contributed by atoms with Gasteiger partial charge in [0.05, 0.1) is 6.61 Å². The normalized spacial score (nSPS) is 12.4. The van der Waals surface area contributed by atoms with Crippen LogP contribution in [0.4, 0.5) is 4.39 Å². The van der Waals surface area contributed by atoms with Crippen molar-refractivity contribution >= 4 is 11.6 Å². The minimum Gasteiger partial charge on any atom is -0.396 e. The van der Waals surface area contributed by atoms with Crippen molar-refractivity contribution in [2.24, 2.45) is 0 Å². The van der Waals surface area contributed by atoms with Crippen LogP contribution in [0.1, 0.15) is 22.6 Å². The van der Waals surface area contributed by atoms with E-state index in [4.69, 9.17) is 11.6 Å². The monoisotopic (exact) mass is 278 g/mol. The van der Waals surface area contributed by atoms with Crippen LogP contribution in [0, 0.1) is 12.7 Å². The number of halogens is 2. The molecule has 0 aliphatic carbocycles. The van der Waals surface area contributed by atoms with E-state index in [1.807, 2.05) is 31.2 Å². The van der Waals surface area contributed by atoms with Crippen molar-refractivity contribution in [3.05, 3.63) is 70.0 Å². The molecule has 1 atom stereocenters. The van der Waals surface area contributed by atoms with E-state index in [1.165, 1.54) is 6.07 Å². The van der Waals surface area contributed by atoms with E-state index in [9.17, 15) is 9.50 Å². The first-order valence-electron chi connectivity index (χ1n) is 6.21. The Morgan fingerprint density at radius 3 is 2.63 bits per heavy atom. The molecule has 2 aromatic rings. The van der Waals surface area contributed by atoms with Crippen molar-refractivity contribution in [1.29, 1.82) is 0 Å². The molecule has 1 N–H and O–H groups in total. The fourth-order valence-corrected chi connectivity index (χ4v) is 2.32. The predicted molar refractivity (Wildman–Crippen MR) is 76.1 cm³/mol. The molecule has 2 aromatic carbocycles. The average molecular weight is 279 g/mol. The Kier molecular flexibility index (Phi) is 4.56. The number of aliphatic hydroxyl groups excluding tert-OH is 1. The first-order valence-corrected chi connectivity index (χ1v) is 6.59. The summed E-state index contributed by atoms with van der Waals surface area (Å²) in [5, 5.41) is 9.92. The van der Waals surface area contributed by atoms with Crippen LogP contribution < -0.4 is 0 Å². The Morgan fingerprint density at radius 2 is 2.00 bits per heavy atom. The molecule has 0 radical (unpaired) electrons. The molecule has 0 fully saturated rings. The zero-order chi connectivity index (χ0) is 13.8. The number of aryl methyl sites for hydroxylation is 1. The van der Waals surface area contributed by atoms with Gasteiger partial charge in [-0.05, 0) is 36.6 Å². The predicted octanol–water partition coefficient (Wildman–Crippen LogP) is 4.11. The fraction of sp³-hybridized carbons (Fsp3) is 0.250. The summed E-state index contributed by atoms with van der Waals surface area (Å²) in [7, 11) is 0. The smallest absolute Gasteiger partial charge is 0.127 e. The van der Waals surface area contributed by atoms with Crippen LogP contribution in [-0.4, -0.2) is 11.7 Å². The van der Waals surface area contributed by atoms with Gasteiger partial charge in [0.2, 0.25) is 0 Å². The SMILES string of the molecule is Cc1cccc(C(CO)Cc2ccc(Cl)cc2F)c1. The molecule has 0 heterocycles. The van der Waals surface area contributed by atoms with Crippen LogP contribution >= 0.6 is 11.6 Å². The zero-order valence-electron chi connectivity index (χ0n) is 10.7. The van der Waals surface area contributed by atoms with Gasteiger partial charge in [0.1, 0.15) is 5.82 Å². The summed E-state index contributed by atoms with van der Waals surface area (Å²) in [5.41, 5.74) is 2.73. The minimum atomic E-state index is -0.321. The van der Waals surface area contributed by atoms with Gasteiger partial charge in [-0.3, -0.25) is 0 Å². The highest BCUT2D eigenvalue weighted by molar-refractivity contribution is 6.30. The lowest BCUT2D eigenvalue weighted by Crippen LogP contribution is -2.09. The van der Waals surface area contributed by atoms with Crippen LogP contribution in [0.25, 0.3) is 0 Å². The molecule has 1 unspecified atom stereocenters. The number of hydrogen-bond acceptors (Lipinski definition) is 1. The van der Waals surface area contributed by atoms with Crippen molar-refractivity contribution in [2.75, 3.05) is 6.61 Å². The average Bonchev–Trinajstić information content (AvgIpc) is 2.38. The van der Waals surface area contributed by atoms with E-state index in [1.54, 1.807) is 12.1 Å². The number of rotatable bonds is 4. The van der Waals surface area contributed by atoms with E-state index in [0.29, 0.717) is 17.0 Å². The Hall–Kier alpha value is -1.38. The summed E-state index contributed by atoms with van der Waals surface area (Å²) in [4.78, 5) is 0. The van der Waals surface area contributed by atoms with Crippen molar-refractivity contribution in [1.82, 2.24) is 0 Å². The largest absolute Gasteiger partial charge is 0.396 e. The lowest BCUT2D eigenvalue weighted by atomic mass is 9.91. The molecular formula is C16H16ClFO. The topological polar surface area (TPSA) is 20.2 Å². The summed E-state index contributed by atoms with van der Waals surface area (Å²) >= 11 is 5.74. The van der Waals surface area contributed by atoms with E-state index in [-0.39, 0.29) is 18.3 Å². The Bertz CT molecular complexity index is 568. The number of hydrogen-bond donors (Lipinski definition) is 1. The van der Waals surface area contributed by atoms with E-state index in [0.717, 1.165) is 11.1 Å². The summed E-state index contributed by atoms with van der Waals surface area (Å²) < 4.78 is 13.8. The zero-order valence-corrected chi connectivity index (χ0v) is 11.5. The summed E-state index contributed by atoms with van der Waals surface area (Å²) in [6, 6.07) is 12.6. The van der Waals surface area contributed by atoms with Gasteiger partial charge in [-0.15, -0.1) is 0 Å². The molecule has 0 saturated carbocycles. The molecule has 0 spiro atoms. The second kappa shape index (κ2) is 6.18. The molecule has 0 aromatic heterocycles. The maximum absolute atomic E-state index is 13.8. The third kappa shape index (κ3) is 3.55. The molecule has 0 amide bonds. The minimum absolute atomic E-state index is 0.00841. The molecular weight excluding hydrogens is 263 g/mol. The first-order chi connectivity index (χ1) is 9.10. The highest BCUT2D eigenvalue weighted by Gasteiger charge is 2.14. The highest BCUT2D eigenvalue weighted by Crippen LogP contribution is 2.24. The molecule has 2 rings (SSSR count). The molecule has 0 aliphatic rings.